The lowest BCUT2D eigenvalue weighted by molar-refractivity contribution is 0.0551. The van der Waals surface area contributed by atoms with Crippen LogP contribution in [0.4, 0.5) is 8.78 Å². The van der Waals surface area contributed by atoms with Crippen LogP contribution in [-0.4, -0.2) is 27.5 Å². The maximum atomic E-state index is 12.9. The Morgan fingerprint density at radius 3 is 2.68 bits per heavy atom. The zero-order valence-electron chi connectivity index (χ0n) is 12.5. The molecule has 3 rings (SSSR count). The van der Waals surface area contributed by atoms with Crippen molar-refractivity contribution in [1.82, 2.24) is 15.1 Å². The highest BCUT2D eigenvalue weighted by Crippen LogP contribution is 2.32. The van der Waals surface area contributed by atoms with Gasteiger partial charge in [-0.2, -0.15) is 13.8 Å². The highest BCUT2D eigenvalue weighted by atomic mass is 35.5. The molecule has 130 valence electrons. The summed E-state index contributed by atoms with van der Waals surface area (Å²) < 4.78 is 35.5. The summed E-state index contributed by atoms with van der Waals surface area (Å²) in [6.45, 7) is 0.160. The minimum Gasteiger partial charge on any atom is -0.367 e. The molecule has 0 atom stereocenters. The number of alkyl halides is 3. The Morgan fingerprint density at radius 2 is 2.08 bits per heavy atom. The van der Waals surface area contributed by atoms with Crippen LogP contribution in [0, 0.1) is 0 Å². The van der Waals surface area contributed by atoms with Crippen molar-refractivity contribution in [3.8, 4) is 11.4 Å². The second-order valence-electron chi connectivity index (χ2n) is 4.89. The summed E-state index contributed by atoms with van der Waals surface area (Å²) in [5, 5.41) is 1.55. The fraction of sp³-hybridized carbons (Fsp3) is 0.200. The molecule has 0 radical (unpaired) electrons. The fourth-order valence-electron chi connectivity index (χ4n) is 1.90. The van der Waals surface area contributed by atoms with E-state index in [1.165, 1.54) is 35.6 Å². The summed E-state index contributed by atoms with van der Waals surface area (Å²) in [6, 6.07) is 6.10. The Kier molecular flexibility index (Phi) is 5.16. The van der Waals surface area contributed by atoms with Crippen LogP contribution in [0.3, 0.4) is 0 Å². The second-order valence-corrected chi connectivity index (χ2v) is 6.09. The number of Topliss-reactive ketones (excluding diaryl/α,β-unsaturated/α-hetero) is 1. The van der Waals surface area contributed by atoms with Gasteiger partial charge in [-0.3, -0.25) is 4.79 Å². The van der Waals surface area contributed by atoms with Gasteiger partial charge in [-0.25, -0.2) is 4.98 Å². The van der Waals surface area contributed by atoms with E-state index in [4.69, 9.17) is 16.3 Å². The predicted octanol–water partition coefficient (Wildman–Crippen LogP) is 3.88. The van der Waals surface area contributed by atoms with Crippen LogP contribution in [0.5, 0.6) is 0 Å². The van der Waals surface area contributed by atoms with Crippen molar-refractivity contribution < 1.29 is 22.8 Å². The van der Waals surface area contributed by atoms with Gasteiger partial charge in [0.05, 0.1) is 17.8 Å². The monoisotopic (exact) mass is 385 g/mol. The standard InChI is InChI=1S/C15H10ClF2N3O3S/c16-15(17,18)14-20-13(21-24-14)10-3-1-9(2-4-10)12(22)6-23-5-11-7-25-8-19-11/h1-4,7-8H,5-6H2. The lowest BCUT2D eigenvalue weighted by atomic mass is 10.1. The van der Waals surface area contributed by atoms with Crippen LogP contribution < -0.4 is 0 Å². The molecule has 0 saturated carbocycles. The number of carbonyl (C=O) groups excluding carboxylic acids is 1. The highest BCUT2D eigenvalue weighted by Gasteiger charge is 2.35. The van der Waals surface area contributed by atoms with E-state index >= 15 is 0 Å². The van der Waals surface area contributed by atoms with E-state index < -0.39 is 11.3 Å². The van der Waals surface area contributed by atoms with Crippen molar-refractivity contribution in [2.75, 3.05) is 6.61 Å². The lowest BCUT2D eigenvalue weighted by Gasteiger charge is -2.03. The maximum absolute atomic E-state index is 12.9. The molecule has 0 spiro atoms. The molecule has 0 amide bonds. The van der Waals surface area contributed by atoms with Gasteiger partial charge in [0.1, 0.15) is 6.61 Å². The van der Waals surface area contributed by atoms with Gasteiger partial charge in [-0.1, -0.05) is 29.4 Å². The van der Waals surface area contributed by atoms with Crippen molar-refractivity contribution in [2.24, 2.45) is 0 Å². The van der Waals surface area contributed by atoms with Crippen molar-refractivity contribution in [3.63, 3.8) is 0 Å². The summed E-state index contributed by atoms with van der Waals surface area (Å²) in [7, 11) is 0. The predicted molar refractivity (Wildman–Crippen MR) is 85.6 cm³/mol. The number of carbonyl (C=O) groups is 1. The minimum absolute atomic E-state index is 0.0471. The molecular weight excluding hydrogens is 376 g/mol. The van der Waals surface area contributed by atoms with Crippen LogP contribution in [-0.2, 0) is 16.7 Å². The smallest absolute Gasteiger partial charge is 0.367 e. The molecule has 0 bridgehead atoms. The molecule has 2 aromatic heterocycles. The quantitative estimate of drug-likeness (QED) is 0.453. The number of hydrogen-bond donors (Lipinski definition) is 0. The average Bonchev–Trinajstić information content (AvgIpc) is 3.26. The molecular formula is C15H10ClF2N3O3S. The molecule has 0 unspecified atom stereocenters. The molecule has 0 fully saturated rings. The number of ketones is 1. The van der Waals surface area contributed by atoms with Crippen molar-refractivity contribution in [1.29, 1.82) is 0 Å². The van der Waals surface area contributed by atoms with E-state index in [1.807, 2.05) is 5.38 Å². The van der Waals surface area contributed by atoms with E-state index in [0.29, 0.717) is 11.1 Å². The molecule has 0 saturated heterocycles. The van der Waals surface area contributed by atoms with Gasteiger partial charge in [0.25, 0.3) is 0 Å². The summed E-state index contributed by atoms with van der Waals surface area (Å²) in [5.41, 5.74) is 3.27. The first-order valence-corrected chi connectivity index (χ1v) is 8.25. The first kappa shape index (κ1) is 17.6. The molecule has 10 heteroatoms. The fourth-order valence-corrected chi connectivity index (χ4v) is 2.52. The van der Waals surface area contributed by atoms with E-state index in [1.54, 1.807) is 5.51 Å². The third kappa shape index (κ3) is 4.44. The number of thiazole rings is 1. The minimum atomic E-state index is -3.73. The first-order valence-electron chi connectivity index (χ1n) is 6.93. The summed E-state index contributed by atoms with van der Waals surface area (Å²) >= 11 is 6.27. The lowest BCUT2D eigenvalue weighted by Crippen LogP contribution is -2.09. The molecule has 2 heterocycles. The van der Waals surface area contributed by atoms with Crippen molar-refractivity contribution >= 4 is 28.7 Å². The first-order chi connectivity index (χ1) is 11.9. The van der Waals surface area contributed by atoms with Gasteiger partial charge in [0.2, 0.25) is 5.82 Å². The molecule has 1 aromatic carbocycles. The van der Waals surface area contributed by atoms with Gasteiger partial charge in [-0.15, -0.1) is 11.3 Å². The Hall–Kier alpha value is -2.23. The Balaban J connectivity index is 1.61. The number of nitrogens with zero attached hydrogens (tertiary/aromatic N) is 3. The second kappa shape index (κ2) is 7.34. The van der Waals surface area contributed by atoms with Crippen LogP contribution >= 0.6 is 22.9 Å². The van der Waals surface area contributed by atoms with Crippen LogP contribution in [0.15, 0.2) is 39.7 Å². The molecule has 0 N–H and O–H groups in total. The largest absolute Gasteiger partial charge is 0.400 e. The molecule has 0 aliphatic heterocycles. The van der Waals surface area contributed by atoms with Gasteiger partial charge in [0, 0.05) is 16.5 Å². The maximum Gasteiger partial charge on any atom is 0.400 e. The third-order valence-corrected chi connectivity index (χ3v) is 3.90. The molecule has 6 nitrogen and oxygen atoms in total. The van der Waals surface area contributed by atoms with Crippen molar-refractivity contribution in [2.45, 2.75) is 12.0 Å². The number of halogens is 3. The Bertz CT molecular complexity index is 848. The summed E-state index contributed by atoms with van der Waals surface area (Å²) in [6.07, 6.45) is 0. The number of rotatable bonds is 7. The van der Waals surface area contributed by atoms with Gasteiger partial charge in [0.15, 0.2) is 5.78 Å². The van der Waals surface area contributed by atoms with E-state index in [9.17, 15) is 13.6 Å². The summed E-state index contributed by atoms with van der Waals surface area (Å²) in [4.78, 5) is 19.6. The third-order valence-electron chi connectivity index (χ3n) is 3.10. The van der Waals surface area contributed by atoms with Crippen LogP contribution in [0.1, 0.15) is 21.9 Å². The van der Waals surface area contributed by atoms with E-state index in [2.05, 4.69) is 19.6 Å². The Morgan fingerprint density at radius 1 is 1.32 bits per heavy atom. The van der Waals surface area contributed by atoms with Gasteiger partial charge in [-0.05, 0) is 11.6 Å². The Labute approximate surface area is 149 Å². The van der Waals surface area contributed by atoms with Gasteiger partial charge < -0.3 is 9.26 Å². The normalized spacial score (nSPS) is 11.6. The average molecular weight is 386 g/mol. The molecule has 3 aromatic rings. The zero-order valence-corrected chi connectivity index (χ0v) is 14.1. The van der Waals surface area contributed by atoms with Crippen molar-refractivity contribution in [3.05, 3.63) is 52.3 Å². The van der Waals surface area contributed by atoms with Gasteiger partial charge >= 0.3 is 11.3 Å². The summed E-state index contributed by atoms with van der Waals surface area (Å²) in [5.74, 6) is -1.25. The highest BCUT2D eigenvalue weighted by molar-refractivity contribution is 7.07. The van der Waals surface area contributed by atoms with Crippen LogP contribution in [0.2, 0.25) is 0 Å². The molecule has 0 aliphatic rings. The van der Waals surface area contributed by atoms with E-state index in [0.717, 1.165) is 5.69 Å². The number of hydrogen-bond acceptors (Lipinski definition) is 7. The molecule has 25 heavy (non-hydrogen) atoms. The SMILES string of the molecule is O=C(COCc1cscn1)c1ccc(-c2noc(C(F)(F)Cl)n2)cc1. The number of aromatic nitrogens is 3. The number of benzene rings is 1. The van der Waals surface area contributed by atoms with E-state index in [-0.39, 0.29) is 24.8 Å². The topological polar surface area (TPSA) is 78.1 Å². The number of ether oxygens (including phenoxy) is 1. The molecule has 0 aliphatic carbocycles. The van der Waals surface area contributed by atoms with Crippen LogP contribution in [0.25, 0.3) is 11.4 Å². The zero-order chi connectivity index (χ0) is 17.9.